The Morgan fingerprint density at radius 1 is 0.909 bits per heavy atom. The van der Waals surface area contributed by atoms with Crippen molar-refractivity contribution in [3.05, 3.63) is 64.7 Å². The Kier molecular flexibility index (Phi) is 4.99. The summed E-state index contributed by atoms with van der Waals surface area (Å²) in [6.45, 7) is 4.13. The lowest BCUT2D eigenvalue weighted by molar-refractivity contribution is 0.104. The first kappa shape index (κ1) is 15.8. The molecule has 0 saturated carbocycles. The molecule has 0 unspecified atom stereocenters. The van der Waals surface area contributed by atoms with Gasteiger partial charge in [-0.15, -0.1) is 0 Å². The van der Waals surface area contributed by atoms with Gasteiger partial charge >= 0.3 is 0 Å². The van der Waals surface area contributed by atoms with Crippen molar-refractivity contribution in [2.75, 3.05) is 14.2 Å². The summed E-state index contributed by atoms with van der Waals surface area (Å²) < 4.78 is 10.4. The third-order valence-electron chi connectivity index (χ3n) is 3.63. The maximum Gasteiger partial charge on any atom is 0.185 e. The highest BCUT2D eigenvalue weighted by Gasteiger charge is 2.08. The Morgan fingerprint density at radius 3 is 2.27 bits per heavy atom. The Balaban J connectivity index is 2.21. The number of benzene rings is 2. The predicted octanol–water partition coefficient (Wildman–Crippen LogP) is 4.22. The summed E-state index contributed by atoms with van der Waals surface area (Å²) in [4.78, 5) is 12.3. The lowest BCUT2D eigenvalue weighted by Gasteiger charge is -2.08. The molecule has 3 heteroatoms. The topological polar surface area (TPSA) is 35.5 Å². The average molecular weight is 296 g/mol. The van der Waals surface area contributed by atoms with Crippen LogP contribution in [0.5, 0.6) is 11.5 Å². The van der Waals surface area contributed by atoms with E-state index in [0.29, 0.717) is 17.1 Å². The number of carbonyl (C=O) groups excluding carboxylic acids is 1. The van der Waals surface area contributed by atoms with Crippen molar-refractivity contribution < 1.29 is 14.3 Å². The summed E-state index contributed by atoms with van der Waals surface area (Å²) in [5, 5.41) is 0. The second-order valence-electron chi connectivity index (χ2n) is 5.11. The smallest absolute Gasteiger partial charge is 0.185 e. The van der Waals surface area contributed by atoms with E-state index in [0.717, 1.165) is 5.56 Å². The molecule has 2 aromatic carbocycles. The molecule has 0 atom stereocenters. The van der Waals surface area contributed by atoms with E-state index in [1.54, 1.807) is 38.5 Å². The number of allylic oxidation sites excluding steroid dienone is 1. The summed E-state index contributed by atoms with van der Waals surface area (Å²) in [5.74, 6) is 1.09. The molecule has 0 amide bonds. The van der Waals surface area contributed by atoms with Gasteiger partial charge < -0.3 is 9.47 Å². The summed E-state index contributed by atoms with van der Waals surface area (Å²) in [6, 6.07) is 11.3. The van der Waals surface area contributed by atoms with E-state index in [1.807, 2.05) is 12.1 Å². The molecule has 0 heterocycles. The molecule has 0 N–H and O–H groups in total. The zero-order valence-electron chi connectivity index (χ0n) is 13.3. The maximum absolute atomic E-state index is 12.3. The van der Waals surface area contributed by atoms with Crippen LogP contribution < -0.4 is 9.47 Å². The Morgan fingerprint density at radius 2 is 1.64 bits per heavy atom. The number of aryl methyl sites for hydroxylation is 2. The van der Waals surface area contributed by atoms with E-state index in [-0.39, 0.29) is 5.78 Å². The molecular formula is C19H20O3. The fourth-order valence-electron chi connectivity index (χ4n) is 2.13. The molecular weight excluding hydrogens is 276 g/mol. The molecule has 0 aliphatic rings. The van der Waals surface area contributed by atoms with Gasteiger partial charge in [-0.1, -0.05) is 24.3 Å². The molecule has 2 rings (SSSR count). The minimum atomic E-state index is -0.0702. The molecule has 0 fully saturated rings. The van der Waals surface area contributed by atoms with E-state index < -0.39 is 0 Å². The van der Waals surface area contributed by atoms with Crippen molar-refractivity contribution >= 4 is 11.9 Å². The monoisotopic (exact) mass is 296 g/mol. The average Bonchev–Trinajstić information content (AvgIpc) is 2.54. The van der Waals surface area contributed by atoms with E-state index >= 15 is 0 Å². The van der Waals surface area contributed by atoms with Crippen molar-refractivity contribution in [1.29, 1.82) is 0 Å². The van der Waals surface area contributed by atoms with Crippen molar-refractivity contribution in [2.45, 2.75) is 13.8 Å². The first-order valence-electron chi connectivity index (χ1n) is 7.07. The lowest BCUT2D eigenvalue weighted by atomic mass is 10.0. The van der Waals surface area contributed by atoms with Crippen LogP contribution in [0.4, 0.5) is 0 Å². The SMILES string of the molecule is COc1ccc(C(=O)/C=C/c2ccc(C)c(C)c2)cc1OC. The number of ether oxygens (including phenoxy) is 2. The molecule has 0 bridgehead atoms. The number of ketones is 1. The van der Waals surface area contributed by atoms with Crippen LogP contribution in [-0.4, -0.2) is 20.0 Å². The first-order valence-corrected chi connectivity index (χ1v) is 7.07. The number of methoxy groups -OCH3 is 2. The molecule has 3 nitrogen and oxygen atoms in total. The highest BCUT2D eigenvalue weighted by atomic mass is 16.5. The summed E-state index contributed by atoms with van der Waals surface area (Å²) in [6.07, 6.45) is 3.40. The van der Waals surface area contributed by atoms with Gasteiger partial charge in [-0.05, 0) is 54.8 Å². The standard InChI is InChI=1S/C19H20O3/c1-13-5-6-15(11-14(13)2)7-9-17(20)16-8-10-18(21-3)19(12-16)22-4/h5-12H,1-4H3/b9-7+. The molecule has 114 valence electrons. The van der Waals surface area contributed by atoms with E-state index in [2.05, 4.69) is 26.0 Å². The van der Waals surface area contributed by atoms with Gasteiger partial charge in [-0.3, -0.25) is 4.79 Å². The zero-order chi connectivity index (χ0) is 16.1. The molecule has 0 aliphatic heterocycles. The Bertz CT molecular complexity index is 715. The second-order valence-corrected chi connectivity index (χ2v) is 5.11. The third kappa shape index (κ3) is 3.55. The van der Waals surface area contributed by atoms with Crippen molar-refractivity contribution in [2.24, 2.45) is 0 Å². The third-order valence-corrected chi connectivity index (χ3v) is 3.63. The van der Waals surface area contributed by atoms with E-state index in [4.69, 9.17) is 9.47 Å². The minimum Gasteiger partial charge on any atom is -0.493 e. The Hall–Kier alpha value is -2.55. The van der Waals surface area contributed by atoms with Gasteiger partial charge in [0, 0.05) is 5.56 Å². The molecule has 0 aromatic heterocycles. The number of hydrogen-bond donors (Lipinski definition) is 0. The fourth-order valence-corrected chi connectivity index (χ4v) is 2.13. The first-order chi connectivity index (χ1) is 10.5. The van der Waals surface area contributed by atoms with Crippen LogP contribution in [0.25, 0.3) is 6.08 Å². The van der Waals surface area contributed by atoms with E-state index in [1.165, 1.54) is 11.1 Å². The van der Waals surface area contributed by atoms with Crippen LogP contribution in [-0.2, 0) is 0 Å². The van der Waals surface area contributed by atoms with Crippen molar-refractivity contribution in [3.63, 3.8) is 0 Å². The van der Waals surface area contributed by atoms with Gasteiger partial charge in [0.2, 0.25) is 0 Å². The summed E-state index contributed by atoms with van der Waals surface area (Å²) >= 11 is 0. The second kappa shape index (κ2) is 6.94. The highest BCUT2D eigenvalue weighted by Crippen LogP contribution is 2.27. The quantitative estimate of drug-likeness (QED) is 0.612. The Labute approximate surface area is 131 Å². The fraction of sp³-hybridized carbons (Fsp3) is 0.211. The molecule has 0 saturated heterocycles. The predicted molar refractivity (Wildman–Crippen MR) is 88.8 cm³/mol. The van der Waals surface area contributed by atoms with Gasteiger partial charge in [0.1, 0.15) is 0 Å². The van der Waals surface area contributed by atoms with Crippen molar-refractivity contribution in [1.82, 2.24) is 0 Å². The number of carbonyl (C=O) groups is 1. The number of hydrogen-bond acceptors (Lipinski definition) is 3. The van der Waals surface area contributed by atoms with Crippen LogP contribution in [0.15, 0.2) is 42.5 Å². The highest BCUT2D eigenvalue weighted by molar-refractivity contribution is 6.07. The van der Waals surface area contributed by atoms with Crippen LogP contribution in [0, 0.1) is 13.8 Å². The molecule has 2 aromatic rings. The normalized spacial score (nSPS) is 10.7. The maximum atomic E-state index is 12.3. The van der Waals surface area contributed by atoms with Crippen LogP contribution >= 0.6 is 0 Å². The molecule has 0 spiro atoms. The van der Waals surface area contributed by atoms with Crippen LogP contribution in [0.2, 0.25) is 0 Å². The molecule has 0 aliphatic carbocycles. The van der Waals surface area contributed by atoms with E-state index in [9.17, 15) is 4.79 Å². The molecule has 22 heavy (non-hydrogen) atoms. The van der Waals surface area contributed by atoms with Crippen LogP contribution in [0.1, 0.15) is 27.0 Å². The van der Waals surface area contributed by atoms with Gasteiger partial charge in [-0.2, -0.15) is 0 Å². The largest absolute Gasteiger partial charge is 0.493 e. The van der Waals surface area contributed by atoms with Gasteiger partial charge in [0.15, 0.2) is 17.3 Å². The summed E-state index contributed by atoms with van der Waals surface area (Å²) in [5.41, 5.74) is 4.03. The van der Waals surface area contributed by atoms with Gasteiger partial charge in [0.05, 0.1) is 14.2 Å². The minimum absolute atomic E-state index is 0.0702. The number of rotatable bonds is 5. The summed E-state index contributed by atoms with van der Waals surface area (Å²) in [7, 11) is 3.12. The lowest BCUT2D eigenvalue weighted by Crippen LogP contribution is -1.97. The van der Waals surface area contributed by atoms with Gasteiger partial charge in [-0.25, -0.2) is 0 Å². The zero-order valence-corrected chi connectivity index (χ0v) is 13.3. The van der Waals surface area contributed by atoms with Gasteiger partial charge in [0.25, 0.3) is 0 Å². The molecule has 0 radical (unpaired) electrons. The van der Waals surface area contributed by atoms with Crippen LogP contribution in [0.3, 0.4) is 0 Å². The van der Waals surface area contributed by atoms with Crippen molar-refractivity contribution in [3.8, 4) is 11.5 Å².